The first-order valence-corrected chi connectivity index (χ1v) is 4.58. The van der Waals surface area contributed by atoms with E-state index < -0.39 is 5.41 Å². The molecule has 0 spiro atoms. The Morgan fingerprint density at radius 1 is 1.40 bits per heavy atom. The Balaban J connectivity index is 2.36. The molecule has 2 amide bonds. The van der Waals surface area contributed by atoms with E-state index in [-0.39, 0.29) is 11.8 Å². The molecule has 1 aromatic rings. The molecule has 2 aliphatic rings. The fraction of sp³-hybridized carbons (Fsp3) is 0.333. The Hall–Kier alpha value is -1.98. The van der Waals surface area contributed by atoms with Crippen molar-refractivity contribution in [2.45, 2.75) is 12.3 Å². The molecule has 2 aliphatic heterocycles. The van der Waals surface area contributed by atoms with E-state index in [1.807, 2.05) is 0 Å². The minimum Gasteiger partial charge on any atom is -0.349 e. The minimum absolute atomic E-state index is 0.140. The van der Waals surface area contributed by atoms with Crippen molar-refractivity contribution in [3.05, 3.63) is 17.6 Å². The van der Waals surface area contributed by atoms with E-state index in [2.05, 4.69) is 20.6 Å². The zero-order valence-electron chi connectivity index (χ0n) is 8.00. The second-order valence-corrected chi connectivity index (χ2v) is 3.91. The van der Waals surface area contributed by atoms with Crippen LogP contribution in [-0.4, -0.2) is 28.3 Å². The van der Waals surface area contributed by atoms with E-state index in [0.717, 1.165) is 0 Å². The van der Waals surface area contributed by atoms with E-state index in [4.69, 9.17) is 0 Å². The summed E-state index contributed by atoms with van der Waals surface area (Å²) in [5, 5.41) is 5.31. The summed E-state index contributed by atoms with van der Waals surface area (Å²) >= 11 is 0. The SMILES string of the molecule is CC12CNC(=O)c3ncnc(c31)NC2=O. The van der Waals surface area contributed by atoms with Crippen molar-refractivity contribution < 1.29 is 9.59 Å². The monoisotopic (exact) mass is 204 g/mol. The van der Waals surface area contributed by atoms with Gasteiger partial charge in [-0.15, -0.1) is 0 Å². The van der Waals surface area contributed by atoms with Gasteiger partial charge in [-0.3, -0.25) is 9.59 Å². The topological polar surface area (TPSA) is 84.0 Å². The third-order valence-electron chi connectivity index (χ3n) is 2.95. The molecule has 0 radical (unpaired) electrons. The molecule has 1 unspecified atom stereocenters. The van der Waals surface area contributed by atoms with Gasteiger partial charge in [0.2, 0.25) is 5.91 Å². The van der Waals surface area contributed by atoms with Crippen LogP contribution in [0.1, 0.15) is 23.0 Å². The molecule has 6 nitrogen and oxygen atoms in total. The highest BCUT2D eigenvalue weighted by molar-refractivity contribution is 6.11. The van der Waals surface area contributed by atoms with Crippen LogP contribution in [0.15, 0.2) is 6.33 Å². The lowest BCUT2D eigenvalue weighted by atomic mass is 9.81. The Morgan fingerprint density at radius 2 is 2.20 bits per heavy atom. The molecule has 2 N–H and O–H groups in total. The molecule has 3 heterocycles. The van der Waals surface area contributed by atoms with E-state index in [1.165, 1.54) is 6.33 Å². The fourth-order valence-corrected chi connectivity index (χ4v) is 2.04. The molecule has 0 saturated heterocycles. The number of amides is 2. The van der Waals surface area contributed by atoms with Gasteiger partial charge in [-0.2, -0.15) is 0 Å². The van der Waals surface area contributed by atoms with Crippen molar-refractivity contribution in [3.63, 3.8) is 0 Å². The molecular formula is C9H8N4O2. The normalized spacial score (nSPS) is 27.0. The van der Waals surface area contributed by atoms with E-state index in [0.29, 0.717) is 23.6 Å². The Morgan fingerprint density at radius 3 is 3.00 bits per heavy atom. The quantitative estimate of drug-likeness (QED) is 0.592. The fourth-order valence-electron chi connectivity index (χ4n) is 2.04. The summed E-state index contributed by atoms with van der Waals surface area (Å²) in [4.78, 5) is 31.1. The number of hydrogen-bond acceptors (Lipinski definition) is 4. The zero-order chi connectivity index (χ0) is 10.6. The van der Waals surface area contributed by atoms with Crippen LogP contribution in [0, 0.1) is 0 Å². The second-order valence-electron chi connectivity index (χ2n) is 3.91. The molecule has 0 saturated carbocycles. The highest BCUT2D eigenvalue weighted by Gasteiger charge is 2.49. The lowest BCUT2D eigenvalue weighted by Gasteiger charge is -2.27. The van der Waals surface area contributed by atoms with Gasteiger partial charge >= 0.3 is 0 Å². The maximum atomic E-state index is 11.7. The van der Waals surface area contributed by atoms with Gasteiger partial charge in [-0.25, -0.2) is 9.97 Å². The van der Waals surface area contributed by atoms with Crippen molar-refractivity contribution in [2.24, 2.45) is 0 Å². The lowest BCUT2D eigenvalue weighted by Crippen LogP contribution is -2.48. The van der Waals surface area contributed by atoms with Crippen molar-refractivity contribution in [1.82, 2.24) is 15.3 Å². The molecule has 15 heavy (non-hydrogen) atoms. The summed E-state index contributed by atoms with van der Waals surface area (Å²) in [6, 6.07) is 0. The predicted molar refractivity (Wildman–Crippen MR) is 50.3 cm³/mol. The van der Waals surface area contributed by atoms with Crippen LogP contribution in [-0.2, 0) is 10.2 Å². The zero-order valence-corrected chi connectivity index (χ0v) is 8.00. The predicted octanol–water partition coefficient (Wildman–Crippen LogP) is -0.570. The summed E-state index contributed by atoms with van der Waals surface area (Å²) in [6.07, 6.45) is 1.28. The summed E-state index contributed by atoms with van der Waals surface area (Å²) < 4.78 is 0. The minimum atomic E-state index is -0.722. The van der Waals surface area contributed by atoms with Gasteiger partial charge in [0.25, 0.3) is 5.91 Å². The first kappa shape index (κ1) is 8.34. The molecule has 0 aliphatic carbocycles. The largest absolute Gasteiger partial charge is 0.349 e. The van der Waals surface area contributed by atoms with Crippen LogP contribution in [0.25, 0.3) is 0 Å². The highest BCUT2D eigenvalue weighted by atomic mass is 16.2. The van der Waals surface area contributed by atoms with Gasteiger partial charge < -0.3 is 10.6 Å². The number of carbonyl (C=O) groups excluding carboxylic acids is 2. The second kappa shape index (κ2) is 2.33. The molecule has 76 valence electrons. The first-order valence-electron chi connectivity index (χ1n) is 4.58. The van der Waals surface area contributed by atoms with E-state index in [9.17, 15) is 9.59 Å². The smallest absolute Gasteiger partial charge is 0.270 e. The molecule has 1 aromatic heterocycles. The average Bonchev–Trinajstić information content (AvgIpc) is 2.48. The van der Waals surface area contributed by atoms with Gasteiger partial charge in [0.15, 0.2) is 0 Å². The third-order valence-corrected chi connectivity index (χ3v) is 2.95. The summed E-state index contributed by atoms with van der Waals surface area (Å²) in [5.41, 5.74) is 0.200. The molecule has 3 rings (SSSR count). The summed E-state index contributed by atoms with van der Waals surface area (Å²) in [6.45, 7) is 2.07. The Bertz CT molecular complexity index is 499. The van der Waals surface area contributed by atoms with Gasteiger partial charge in [0, 0.05) is 12.1 Å². The third kappa shape index (κ3) is 0.835. The molecular weight excluding hydrogens is 196 g/mol. The Labute approximate surface area is 85.1 Å². The van der Waals surface area contributed by atoms with Crippen molar-refractivity contribution in [2.75, 3.05) is 11.9 Å². The van der Waals surface area contributed by atoms with Crippen molar-refractivity contribution >= 4 is 17.6 Å². The van der Waals surface area contributed by atoms with Crippen molar-refractivity contribution in [3.8, 4) is 0 Å². The van der Waals surface area contributed by atoms with Crippen LogP contribution < -0.4 is 10.6 Å². The van der Waals surface area contributed by atoms with Gasteiger partial charge in [-0.05, 0) is 6.92 Å². The molecule has 0 bridgehead atoms. The molecule has 1 atom stereocenters. The van der Waals surface area contributed by atoms with E-state index >= 15 is 0 Å². The van der Waals surface area contributed by atoms with Gasteiger partial charge in [-0.1, -0.05) is 0 Å². The number of carbonyl (C=O) groups is 2. The first-order chi connectivity index (χ1) is 7.13. The van der Waals surface area contributed by atoms with Crippen LogP contribution in [0.3, 0.4) is 0 Å². The number of nitrogens with one attached hydrogen (secondary N) is 2. The maximum absolute atomic E-state index is 11.7. The average molecular weight is 204 g/mol. The van der Waals surface area contributed by atoms with Crippen LogP contribution in [0.2, 0.25) is 0 Å². The maximum Gasteiger partial charge on any atom is 0.270 e. The van der Waals surface area contributed by atoms with E-state index in [1.54, 1.807) is 6.92 Å². The summed E-state index contributed by atoms with van der Waals surface area (Å²) in [7, 11) is 0. The van der Waals surface area contributed by atoms with Gasteiger partial charge in [0.05, 0.1) is 5.41 Å². The lowest BCUT2D eigenvalue weighted by molar-refractivity contribution is -0.120. The van der Waals surface area contributed by atoms with Crippen LogP contribution in [0.4, 0.5) is 5.82 Å². The van der Waals surface area contributed by atoms with Crippen LogP contribution >= 0.6 is 0 Å². The number of nitrogens with zero attached hydrogens (tertiary/aromatic N) is 2. The standard InChI is InChI=1S/C9H8N4O2/c1-9-2-10-7(14)5-4(9)6(12-3-11-5)13-8(9)15/h3H,2H2,1H3,(H,10,14)(H,11,12,13,15). The molecule has 6 heteroatoms. The number of anilines is 1. The molecule has 0 aromatic carbocycles. The van der Waals surface area contributed by atoms with Crippen LogP contribution in [0.5, 0.6) is 0 Å². The number of rotatable bonds is 0. The van der Waals surface area contributed by atoms with Gasteiger partial charge in [0.1, 0.15) is 17.8 Å². The molecule has 0 fully saturated rings. The van der Waals surface area contributed by atoms with Crippen molar-refractivity contribution in [1.29, 1.82) is 0 Å². The highest BCUT2D eigenvalue weighted by Crippen LogP contribution is 2.39. The summed E-state index contributed by atoms with van der Waals surface area (Å²) in [5.74, 6) is 0.0734. The number of hydrogen-bond donors (Lipinski definition) is 2. The number of aromatic nitrogens is 2. The Kier molecular flexibility index (Phi) is 1.30.